The first-order valence-electron chi connectivity index (χ1n) is 19.8. The Morgan fingerprint density at radius 3 is 2.23 bits per heavy atom. The molecule has 5 aliphatic rings. The quantitative estimate of drug-likeness (QED) is 0.0756. The number of ether oxygens (including phenoxy) is 1. The molecule has 2 N–H and O–H groups in total. The van der Waals surface area contributed by atoms with Gasteiger partial charge in [0.1, 0.15) is 11.5 Å². The number of carbonyl (C=O) groups is 4. The van der Waals surface area contributed by atoms with E-state index in [2.05, 4.69) is 10.4 Å². The summed E-state index contributed by atoms with van der Waals surface area (Å²) >= 11 is 12.6. The third-order valence-electron chi connectivity index (χ3n) is 12.9. The van der Waals surface area contributed by atoms with E-state index in [-0.39, 0.29) is 41.3 Å². The van der Waals surface area contributed by atoms with Crippen LogP contribution >= 0.6 is 23.2 Å². The molecule has 0 radical (unpaired) electrons. The fraction of sp³-hybridized carbons (Fsp3) is 0.279. The molecule has 4 heterocycles. The summed E-state index contributed by atoms with van der Waals surface area (Å²) in [6.07, 6.45) is -1.55. The average molecular weight is 935 g/mol. The van der Waals surface area contributed by atoms with Crippen molar-refractivity contribution in [1.29, 1.82) is 0 Å². The van der Waals surface area contributed by atoms with E-state index in [9.17, 15) is 48.1 Å². The predicted octanol–water partition coefficient (Wildman–Crippen LogP) is 7.54. The van der Waals surface area contributed by atoms with E-state index in [1.165, 1.54) is 55.6 Å². The number of carbonyl (C=O) groups excluding carboxylic acids is 4. The molecule has 1 aromatic heterocycles. The first kappa shape index (κ1) is 43.2. The van der Waals surface area contributed by atoms with Crippen molar-refractivity contribution >= 4 is 75.4 Å². The van der Waals surface area contributed by atoms with Crippen LogP contribution in [0.1, 0.15) is 29.5 Å². The third-order valence-corrected chi connectivity index (χ3v) is 13.4. The molecule has 65 heavy (non-hydrogen) atoms. The highest BCUT2D eigenvalue weighted by atomic mass is 35.5. The van der Waals surface area contributed by atoms with Crippen molar-refractivity contribution in [2.24, 2.45) is 29.6 Å². The van der Waals surface area contributed by atoms with Crippen molar-refractivity contribution in [3.8, 4) is 11.5 Å². The standard InChI is InChI=1S/C43H32Cl2F3N7O10/c1-51(2)36-31(54(61)62)14-24(15-32(36)55(63)64)52-38(57)27-9-8-26-28(34(27)40(52)59)16-29-39(58)53(50-37-30(45)13-22(17-49-37)43(46,47)48)41(60)42(29,21-3-5-23(44)6-4-21)35(26)20-11-19-12-25(56)7-10-33(19)65-18-20/h3-8,10,12-15,17-18,27-29,34-35,56H,9,11,16H2,1-2H3,(H,49,50)/t27-,28+,29-,34-,35-,42+/m0/s1. The molecular formula is C43H32Cl2F3N7O10. The number of allylic oxidation sites excluding steroid dienone is 3. The molecule has 2 saturated heterocycles. The number of rotatable bonds is 8. The van der Waals surface area contributed by atoms with Gasteiger partial charge in [0.25, 0.3) is 11.8 Å². The number of hydrazine groups is 1. The highest BCUT2D eigenvalue weighted by Crippen LogP contribution is 2.64. The van der Waals surface area contributed by atoms with E-state index in [1.54, 1.807) is 18.2 Å². The largest absolute Gasteiger partial charge is 0.508 e. The van der Waals surface area contributed by atoms with Gasteiger partial charge in [-0.05, 0) is 66.3 Å². The summed E-state index contributed by atoms with van der Waals surface area (Å²) < 4.78 is 46.9. The van der Waals surface area contributed by atoms with Crippen LogP contribution in [0.2, 0.25) is 10.0 Å². The first-order valence-corrected chi connectivity index (χ1v) is 20.5. The number of pyridine rings is 1. The van der Waals surface area contributed by atoms with Crippen LogP contribution in [0.5, 0.6) is 11.5 Å². The van der Waals surface area contributed by atoms with Gasteiger partial charge in [0, 0.05) is 55.3 Å². The molecule has 3 fully saturated rings. The van der Waals surface area contributed by atoms with E-state index in [0.717, 1.165) is 12.1 Å². The maximum absolute atomic E-state index is 15.5. The summed E-state index contributed by atoms with van der Waals surface area (Å²) in [4.78, 5) is 88.5. The summed E-state index contributed by atoms with van der Waals surface area (Å²) in [5.74, 6) is -9.49. The number of fused-ring (bicyclic) bond motifs is 5. The number of hydrogen-bond acceptors (Lipinski definition) is 13. The SMILES string of the molecule is CN(C)c1c([N+](=O)[O-])cc(N2C(=O)[C@H]3[C@H](CC=C4[C@H](C5=COc6ccc(O)cc6C5)[C@]5(c6ccc(Cl)cc6)C(=O)N(Nc6ncc(C(F)(F)F)cc6Cl)C(=O)[C@@H]5C[C@H]43)C2=O)cc1[N+](=O)[O-]. The van der Waals surface area contributed by atoms with Crippen molar-refractivity contribution in [2.45, 2.75) is 30.9 Å². The number of nitrogens with one attached hydrogen (secondary N) is 1. The van der Waals surface area contributed by atoms with Crippen molar-refractivity contribution < 1.29 is 52.0 Å². The summed E-state index contributed by atoms with van der Waals surface area (Å²) in [6.45, 7) is 0. The van der Waals surface area contributed by atoms with Gasteiger partial charge in [-0.15, -0.1) is 0 Å². The monoisotopic (exact) mass is 933 g/mol. The molecule has 1 saturated carbocycles. The van der Waals surface area contributed by atoms with Gasteiger partial charge >= 0.3 is 17.6 Å². The van der Waals surface area contributed by atoms with Gasteiger partial charge in [0.05, 0.1) is 55.6 Å². The number of alkyl halides is 3. The first-order chi connectivity index (χ1) is 30.7. The number of aromatic nitrogens is 1. The second-order valence-corrected chi connectivity index (χ2v) is 17.3. The maximum atomic E-state index is 15.5. The average Bonchev–Trinajstić information content (AvgIpc) is 3.63. The van der Waals surface area contributed by atoms with E-state index < -0.39 is 108 Å². The molecule has 334 valence electrons. The lowest BCUT2D eigenvalue weighted by molar-refractivity contribution is -0.392. The molecule has 9 rings (SSSR count). The number of benzene rings is 3. The Morgan fingerprint density at radius 1 is 0.938 bits per heavy atom. The Morgan fingerprint density at radius 2 is 1.62 bits per heavy atom. The second kappa shape index (κ2) is 15.3. The van der Waals surface area contributed by atoms with Crippen LogP contribution in [0.25, 0.3) is 0 Å². The number of nitro benzene ring substituents is 2. The summed E-state index contributed by atoms with van der Waals surface area (Å²) in [6, 6.07) is 13.0. The Hall–Kier alpha value is -7.06. The maximum Gasteiger partial charge on any atom is 0.417 e. The fourth-order valence-corrected chi connectivity index (χ4v) is 10.6. The minimum absolute atomic E-state index is 0.0420. The number of hydrogen-bond donors (Lipinski definition) is 2. The lowest BCUT2D eigenvalue weighted by Crippen LogP contribution is -2.55. The molecular weight excluding hydrogens is 902 g/mol. The Bertz CT molecular complexity index is 2840. The zero-order chi connectivity index (χ0) is 46.6. The van der Waals surface area contributed by atoms with Crippen molar-refractivity contribution in [2.75, 3.05) is 29.3 Å². The van der Waals surface area contributed by atoms with E-state index in [1.807, 2.05) is 0 Å². The summed E-state index contributed by atoms with van der Waals surface area (Å²) in [5.41, 5.74) is -1.15. The lowest BCUT2D eigenvalue weighted by Gasteiger charge is -2.51. The summed E-state index contributed by atoms with van der Waals surface area (Å²) in [5, 5.41) is 35.4. The van der Waals surface area contributed by atoms with Gasteiger partial charge in [0.2, 0.25) is 11.8 Å². The molecule has 0 spiro atoms. The number of nitro groups is 2. The topological polar surface area (TPSA) is 219 Å². The Balaban J connectivity index is 1.21. The number of halogens is 5. The van der Waals surface area contributed by atoms with Crippen LogP contribution in [0, 0.1) is 49.8 Å². The van der Waals surface area contributed by atoms with Crippen LogP contribution in [0.4, 0.5) is 41.7 Å². The van der Waals surface area contributed by atoms with Crippen molar-refractivity contribution in [3.05, 3.63) is 137 Å². The molecule has 0 bridgehead atoms. The highest BCUT2D eigenvalue weighted by molar-refractivity contribution is 6.33. The lowest BCUT2D eigenvalue weighted by atomic mass is 9.48. The van der Waals surface area contributed by atoms with Crippen LogP contribution in [0.3, 0.4) is 0 Å². The van der Waals surface area contributed by atoms with Gasteiger partial charge in [-0.3, -0.25) is 44.8 Å². The molecule has 22 heteroatoms. The smallest absolute Gasteiger partial charge is 0.417 e. The zero-order valence-electron chi connectivity index (χ0n) is 33.7. The zero-order valence-corrected chi connectivity index (χ0v) is 35.2. The molecule has 3 aromatic carbocycles. The number of amides is 4. The van der Waals surface area contributed by atoms with Crippen LogP contribution in [-0.4, -0.2) is 62.7 Å². The number of imide groups is 2. The van der Waals surface area contributed by atoms with E-state index >= 15 is 9.59 Å². The molecule has 0 unspecified atom stereocenters. The Labute approximate surface area is 374 Å². The van der Waals surface area contributed by atoms with Gasteiger partial charge in [-0.1, -0.05) is 47.0 Å². The van der Waals surface area contributed by atoms with E-state index in [0.29, 0.717) is 44.6 Å². The van der Waals surface area contributed by atoms with Crippen LogP contribution < -0.4 is 20.0 Å². The molecule has 6 atom stereocenters. The molecule has 3 aliphatic heterocycles. The van der Waals surface area contributed by atoms with Gasteiger partial charge in [-0.25, -0.2) is 9.88 Å². The number of anilines is 3. The predicted molar refractivity (Wildman–Crippen MR) is 225 cm³/mol. The molecule has 4 amide bonds. The van der Waals surface area contributed by atoms with Crippen LogP contribution in [-0.2, 0) is 37.2 Å². The minimum atomic E-state index is -4.82. The normalized spacial score (nSPS) is 24.6. The second-order valence-electron chi connectivity index (χ2n) is 16.5. The van der Waals surface area contributed by atoms with Crippen molar-refractivity contribution in [3.63, 3.8) is 0 Å². The number of aromatic hydroxyl groups is 1. The fourth-order valence-electron chi connectivity index (χ4n) is 10.3. The molecule has 4 aromatic rings. The minimum Gasteiger partial charge on any atom is -0.508 e. The van der Waals surface area contributed by atoms with Crippen molar-refractivity contribution in [1.82, 2.24) is 9.99 Å². The van der Waals surface area contributed by atoms with Gasteiger partial charge in [-0.2, -0.15) is 18.2 Å². The highest BCUT2D eigenvalue weighted by Gasteiger charge is 2.71. The Kier molecular flexibility index (Phi) is 10.2. The molecule has 17 nitrogen and oxygen atoms in total. The van der Waals surface area contributed by atoms with E-state index in [4.69, 9.17) is 27.9 Å². The summed E-state index contributed by atoms with van der Waals surface area (Å²) in [7, 11) is 2.72. The number of nitrogens with zero attached hydrogens (tertiary/aromatic N) is 6. The molecule has 2 aliphatic carbocycles. The van der Waals surface area contributed by atoms with Gasteiger partial charge < -0.3 is 14.7 Å². The van der Waals surface area contributed by atoms with Crippen LogP contribution in [0.15, 0.2) is 90.3 Å². The third kappa shape index (κ3) is 6.64. The number of phenols is 1. The number of phenolic OH excluding ortho intramolecular Hbond substituents is 1. The van der Waals surface area contributed by atoms with Gasteiger partial charge in [0.15, 0.2) is 11.5 Å².